The molecule has 1 amide bonds. The van der Waals surface area contributed by atoms with Crippen LogP contribution >= 0.6 is 0 Å². The summed E-state index contributed by atoms with van der Waals surface area (Å²) in [5, 5.41) is 5.71. The maximum atomic E-state index is 14.4. The molecule has 0 unspecified atom stereocenters. The number of imidazole rings is 1. The van der Waals surface area contributed by atoms with Crippen molar-refractivity contribution in [1.29, 1.82) is 0 Å². The Balaban J connectivity index is 1.22. The van der Waals surface area contributed by atoms with Crippen LogP contribution in [-0.4, -0.2) is 76.1 Å². The molecule has 0 saturated carbocycles. The van der Waals surface area contributed by atoms with E-state index >= 15 is 0 Å². The molecule has 4 heterocycles. The second-order valence-corrected chi connectivity index (χ2v) is 12.8. The molecule has 1 saturated heterocycles. The lowest BCUT2D eigenvalue weighted by molar-refractivity contribution is 0.102. The van der Waals surface area contributed by atoms with Gasteiger partial charge in [0.1, 0.15) is 34.5 Å². The summed E-state index contributed by atoms with van der Waals surface area (Å²) in [5.41, 5.74) is 4.26. The van der Waals surface area contributed by atoms with Crippen LogP contribution in [0.25, 0.3) is 28.3 Å². The Morgan fingerprint density at radius 1 is 0.906 bits per heavy atom. The summed E-state index contributed by atoms with van der Waals surface area (Å²) < 4.78 is 42.3. The smallest absolute Gasteiger partial charge is 0.259 e. The topological polar surface area (TPSA) is 109 Å². The summed E-state index contributed by atoms with van der Waals surface area (Å²) in [7, 11) is 1.42. The molecule has 0 radical (unpaired) electrons. The number of nitrogens with zero attached hydrogens (tertiary/aromatic N) is 6. The van der Waals surface area contributed by atoms with Gasteiger partial charge < -0.3 is 25.0 Å². The number of anilines is 4. The molecule has 1 aliphatic heterocycles. The average Bonchev–Trinajstić information content (AvgIpc) is 3.57. The predicted octanol–water partition coefficient (Wildman–Crippen LogP) is 7.67. The number of amides is 1. The molecular formula is C40H40F2N8O3. The van der Waals surface area contributed by atoms with Crippen LogP contribution in [0.3, 0.4) is 0 Å². The van der Waals surface area contributed by atoms with E-state index in [2.05, 4.69) is 51.4 Å². The van der Waals surface area contributed by atoms with Crippen molar-refractivity contribution in [1.82, 2.24) is 24.3 Å². The van der Waals surface area contributed by atoms with Gasteiger partial charge in [-0.1, -0.05) is 12.1 Å². The van der Waals surface area contributed by atoms with Crippen LogP contribution in [0.1, 0.15) is 31.1 Å². The number of fused-ring (bicyclic) bond motifs is 1. The lowest BCUT2D eigenvalue weighted by Gasteiger charge is -2.38. The second-order valence-electron chi connectivity index (χ2n) is 12.8. The number of ether oxygens (including phenoxy) is 2. The Kier molecular flexibility index (Phi) is 10.2. The van der Waals surface area contributed by atoms with Gasteiger partial charge in [-0.25, -0.2) is 23.7 Å². The average molecular weight is 719 g/mol. The Morgan fingerprint density at radius 2 is 1.70 bits per heavy atom. The fourth-order valence-corrected chi connectivity index (χ4v) is 6.53. The first kappa shape index (κ1) is 35.3. The lowest BCUT2D eigenvalue weighted by atomic mass is 10.0. The third kappa shape index (κ3) is 7.33. The first-order chi connectivity index (χ1) is 25.7. The standard InChI is InChI=1S/C40H40F2N8O3/c1-5-53-34-24-27(49-21-19-48(20-22-49)25(2)3)13-14-31(34)44-40-43-17-16-32(45-40)38-36(46-35-11-6-7-18-50(35)38)26-12-15-33(52-4)28(23-26)39(51)47-37-29(41)9-8-10-30(37)42/h6-18,23-25H,5,19-22H2,1-4H3,(H,47,51)(H,43,44,45). The molecule has 11 nitrogen and oxygen atoms in total. The molecule has 3 aromatic heterocycles. The molecule has 0 spiro atoms. The maximum absolute atomic E-state index is 14.4. The van der Waals surface area contributed by atoms with E-state index in [0.717, 1.165) is 49.7 Å². The minimum absolute atomic E-state index is 0.0643. The number of carbonyl (C=O) groups excluding carboxylic acids is 1. The summed E-state index contributed by atoms with van der Waals surface area (Å²) in [5.74, 6) is -1.28. The van der Waals surface area contributed by atoms with Gasteiger partial charge in [-0.15, -0.1) is 0 Å². The van der Waals surface area contributed by atoms with Crippen molar-refractivity contribution < 1.29 is 23.0 Å². The molecule has 0 aliphatic carbocycles. The monoisotopic (exact) mass is 718 g/mol. The zero-order chi connectivity index (χ0) is 37.1. The van der Waals surface area contributed by atoms with Gasteiger partial charge >= 0.3 is 0 Å². The third-order valence-electron chi connectivity index (χ3n) is 9.27. The third-order valence-corrected chi connectivity index (χ3v) is 9.27. The van der Waals surface area contributed by atoms with Gasteiger partial charge in [0.2, 0.25) is 5.95 Å². The van der Waals surface area contributed by atoms with E-state index in [0.29, 0.717) is 52.6 Å². The van der Waals surface area contributed by atoms with Crippen molar-refractivity contribution in [3.63, 3.8) is 0 Å². The van der Waals surface area contributed by atoms with Crippen LogP contribution in [0.15, 0.2) is 91.3 Å². The number of carbonyl (C=O) groups is 1. The van der Waals surface area contributed by atoms with E-state index in [4.69, 9.17) is 19.4 Å². The number of piperazine rings is 1. The molecule has 3 aromatic carbocycles. The first-order valence-electron chi connectivity index (χ1n) is 17.5. The number of halogens is 2. The van der Waals surface area contributed by atoms with Crippen molar-refractivity contribution in [2.75, 3.05) is 55.4 Å². The number of nitrogens with one attached hydrogen (secondary N) is 2. The number of aromatic nitrogens is 4. The van der Waals surface area contributed by atoms with Gasteiger partial charge in [0, 0.05) is 61.9 Å². The highest BCUT2D eigenvalue weighted by molar-refractivity contribution is 6.07. The number of hydrogen-bond donors (Lipinski definition) is 2. The van der Waals surface area contributed by atoms with Crippen LogP contribution < -0.4 is 25.0 Å². The van der Waals surface area contributed by atoms with Crippen LogP contribution in [0.4, 0.5) is 31.8 Å². The summed E-state index contributed by atoms with van der Waals surface area (Å²) in [6.07, 6.45) is 3.54. The largest absolute Gasteiger partial charge is 0.496 e. The fraction of sp³-hybridized carbons (Fsp3) is 0.250. The Bertz CT molecular complexity index is 2250. The number of pyridine rings is 1. The summed E-state index contributed by atoms with van der Waals surface area (Å²) in [6, 6.07) is 22.4. The van der Waals surface area contributed by atoms with Gasteiger partial charge in [-0.3, -0.25) is 14.1 Å². The molecule has 1 aliphatic rings. The number of methoxy groups -OCH3 is 1. The normalized spacial score (nSPS) is 13.4. The van der Waals surface area contributed by atoms with Gasteiger partial charge in [0.15, 0.2) is 0 Å². The van der Waals surface area contributed by atoms with Crippen LogP contribution in [0, 0.1) is 11.6 Å². The molecule has 53 heavy (non-hydrogen) atoms. The van der Waals surface area contributed by atoms with E-state index in [-0.39, 0.29) is 11.3 Å². The van der Waals surface area contributed by atoms with E-state index in [1.807, 2.05) is 41.8 Å². The highest BCUT2D eigenvalue weighted by Crippen LogP contribution is 2.36. The molecular weight excluding hydrogens is 678 g/mol. The molecule has 0 bridgehead atoms. The van der Waals surface area contributed by atoms with Crippen molar-refractivity contribution in [3.8, 4) is 34.1 Å². The van der Waals surface area contributed by atoms with Crippen molar-refractivity contribution in [2.45, 2.75) is 26.8 Å². The quantitative estimate of drug-likeness (QED) is 0.140. The number of rotatable bonds is 11. The van der Waals surface area contributed by atoms with Gasteiger partial charge in [0.05, 0.1) is 42.0 Å². The Labute approximate surface area is 306 Å². The number of benzene rings is 3. The van der Waals surface area contributed by atoms with Crippen molar-refractivity contribution in [3.05, 3.63) is 108 Å². The maximum Gasteiger partial charge on any atom is 0.259 e. The van der Waals surface area contributed by atoms with Gasteiger partial charge in [-0.2, -0.15) is 0 Å². The summed E-state index contributed by atoms with van der Waals surface area (Å²) in [4.78, 5) is 32.7. The van der Waals surface area contributed by atoms with Crippen LogP contribution in [-0.2, 0) is 0 Å². The molecule has 13 heteroatoms. The molecule has 272 valence electrons. The minimum Gasteiger partial charge on any atom is -0.496 e. The van der Waals surface area contributed by atoms with Gasteiger partial charge in [0.25, 0.3) is 5.91 Å². The predicted molar refractivity (Wildman–Crippen MR) is 202 cm³/mol. The highest BCUT2D eigenvalue weighted by Gasteiger charge is 2.23. The number of para-hydroxylation sites is 1. The van der Waals surface area contributed by atoms with E-state index in [1.54, 1.807) is 30.5 Å². The molecule has 2 N–H and O–H groups in total. The molecule has 6 aromatic rings. The van der Waals surface area contributed by atoms with E-state index in [9.17, 15) is 13.6 Å². The molecule has 1 fully saturated rings. The zero-order valence-corrected chi connectivity index (χ0v) is 29.9. The van der Waals surface area contributed by atoms with Crippen LogP contribution in [0.2, 0.25) is 0 Å². The fourth-order valence-electron chi connectivity index (χ4n) is 6.53. The number of hydrogen-bond acceptors (Lipinski definition) is 9. The lowest BCUT2D eigenvalue weighted by Crippen LogP contribution is -2.48. The van der Waals surface area contributed by atoms with Crippen molar-refractivity contribution in [2.24, 2.45) is 0 Å². The molecule has 0 atom stereocenters. The minimum atomic E-state index is -0.895. The Hall–Kier alpha value is -6.08. The van der Waals surface area contributed by atoms with Gasteiger partial charge in [-0.05, 0) is 81.4 Å². The Morgan fingerprint density at radius 3 is 2.43 bits per heavy atom. The summed E-state index contributed by atoms with van der Waals surface area (Å²) >= 11 is 0. The SMILES string of the molecule is CCOc1cc(N2CCN(C(C)C)CC2)ccc1Nc1nccc(-c2c(-c3ccc(OC)c(C(=O)Nc4c(F)cccc4F)c3)nc3ccccn23)n1. The van der Waals surface area contributed by atoms with E-state index in [1.165, 1.54) is 13.2 Å². The molecule has 7 rings (SSSR count). The second kappa shape index (κ2) is 15.3. The highest BCUT2D eigenvalue weighted by atomic mass is 19.1. The van der Waals surface area contributed by atoms with Crippen molar-refractivity contribution >= 4 is 34.6 Å². The van der Waals surface area contributed by atoms with E-state index < -0.39 is 23.2 Å². The first-order valence-corrected chi connectivity index (χ1v) is 17.5. The summed E-state index contributed by atoms with van der Waals surface area (Å²) in [6.45, 7) is 10.8. The van der Waals surface area contributed by atoms with Crippen LogP contribution in [0.5, 0.6) is 11.5 Å². The zero-order valence-electron chi connectivity index (χ0n) is 29.9.